The van der Waals surface area contributed by atoms with Crippen LogP contribution >= 0.6 is 11.6 Å². The molecule has 2 aromatic carbocycles. The molecule has 0 saturated heterocycles. The molecule has 4 nitrogen and oxygen atoms in total. The van der Waals surface area contributed by atoms with E-state index in [0.717, 1.165) is 0 Å². The maximum absolute atomic E-state index is 12.7. The molecule has 1 amide bonds. The third kappa shape index (κ3) is 4.28. The third-order valence-electron chi connectivity index (χ3n) is 3.33. The topological polar surface area (TPSA) is 54.1 Å². The van der Waals surface area contributed by atoms with E-state index in [1.54, 1.807) is 42.5 Å². The normalized spacial score (nSPS) is 12.4. The Bertz CT molecular complexity index is 708. The molecule has 7 heteroatoms. The van der Waals surface area contributed by atoms with Gasteiger partial charge in [-0.05, 0) is 12.1 Å². The maximum atomic E-state index is 12.7. The van der Waals surface area contributed by atoms with Gasteiger partial charge in [0.1, 0.15) is 11.4 Å². The van der Waals surface area contributed by atoms with Gasteiger partial charge in [-0.1, -0.05) is 47.1 Å². The summed E-state index contributed by atoms with van der Waals surface area (Å²) >= 11 is 6.02. The van der Waals surface area contributed by atoms with E-state index in [0.29, 0.717) is 21.8 Å². The number of benzene rings is 2. The first-order chi connectivity index (χ1) is 10.6. The second kappa shape index (κ2) is 8.62. The molecule has 2 aromatic rings. The van der Waals surface area contributed by atoms with Crippen molar-refractivity contribution < 1.29 is 31.7 Å². The number of hydrogen-bond acceptors (Lipinski definition) is 3. The van der Waals surface area contributed by atoms with Gasteiger partial charge in [0.05, 0.1) is 12.6 Å². The van der Waals surface area contributed by atoms with Crippen molar-refractivity contribution >= 4 is 28.9 Å². The van der Waals surface area contributed by atoms with E-state index in [9.17, 15) is 14.4 Å². The average Bonchev–Trinajstić information content (AvgIpc) is 2.55. The van der Waals surface area contributed by atoms with Crippen LogP contribution in [0.4, 0.5) is 10.1 Å². The fourth-order valence-electron chi connectivity index (χ4n) is 2.15. The van der Waals surface area contributed by atoms with E-state index < -0.39 is 12.6 Å². The summed E-state index contributed by atoms with van der Waals surface area (Å²) in [6.07, 6.45) is 0. The Morgan fingerprint density at radius 1 is 1.26 bits per heavy atom. The molecule has 1 unspecified atom stereocenters. The predicted octanol–water partition coefficient (Wildman–Crippen LogP) is -0.787. The molecule has 0 radical (unpaired) electrons. The van der Waals surface area contributed by atoms with Crippen LogP contribution in [-0.2, 0) is 4.79 Å². The van der Waals surface area contributed by atoms with Crippen molar-refractivity contribution in [3.8, 4) is 0 Å². The fourth-order valence-corrected chi connectivity index (χ4v) is 2.33. The first kappa shape index (κ1) is 19.1. The average molecular weight is 357 g/mol. The van der Waals surface area contributed by atoms with Gasteiger partial charge in [-0.3, -0.25) is 0 Å². The lowest BCUT2D eigenvalue weighted by atomic mass is 10.00. The van der Waals surface area contributed by atoms with Gasteiger partial charge in [-0.15, -0.1) is 0 Å². The highest BCUT2D eigenvalue weighted by Gasteiger charge is 2.24. The molecule has 0 heterocycles. The highest BCUT2D eigenvalue weighted by molar-refractivity contribution is 6.31. The van der Waals surface area contributed by atoms with Gasteiger partial charge in [0.25, 0.3) is 0 Å². The Balaban J connectivity index is 0.00000264. The van der Waals surface area contributed by atoms with Gasteiger partial charge in [-0.25, -0.2) is 14.1 Å². The summed E-state index contributed by atoms with van der Waals surface area (Å²) < 4.78 is 12.7. The van der Waals surface area contributed by atoms with E-state index in [2.05, 4.69) is 5.16 Å². The van der Waals surface area contributed by atoms with Crippen molar-refractivity contribution in [3.05, 3.63) is 64.7 Å². The number of quaternary nitrogens is 1. The number of halogens is 3. The zero-order chi connectivity index (χ0) is 16.1. The van der Waals surface area contributed by atoms with E-state index in [-0.39, 0.29) is 23.0 Å². The number of nitrogens with zero attached hydrogens (tertiary/aromatic N) is 1. The van der Waals surface area contributed by atoms with Crippen LogP contribution in [0, 0.1) is 0 Å². The van der Waals surface area contributed by atoms with Crippen molar-refractivity contribution in [3.63, 3.8) is 0 Å². The van der Waals surface area contributed by atoms with Crippen molar-refractivity contribution in [2.45, 2.75) is 0 Å². The van der Waals surface area contributed by atoms with Crippen LogP contribution in [0.25, 0.3) is 0 Å². The van der Waals surface area contributed by atoms with Crippen molar-refractivity contribution in [1.29, 1.82) is 0 Å². The molecule has 0 aromatic heterocycles. The SMILES string of the molecule is C[NH+](C(=O)CF)c1ccc(Cl)cc1C(=NO)c1ccccc1.[Cl-]. The van der Waals surface area contributed by atoms with Crippen LogP contribution in [0.2, 0.25) is 5.02 Å². The number of oxime groups is 1. The number of carbonyl (C=O) groups excluding carboxylic acids is 1. The Kier molecular flexibility index (Phi) is 7.16. The smallest absolute Gasteiger partial charge is 0.348 e. The van der Waals surface area contributed by atoms with Crippen LogP contribution in [0.15, 0.2) is 53.7 Å². The summed E-state index contributed by atoms with van der Waals surface area (Å²) in [6, 6.07) is 13.8. The molecule has 122 valence electrons. The van der Waals surface area contributed by atoms with Crippen LogP contribution in [0.3, 0.4) is 0 Å². The molecule has 0 aliphatic rings. The summed E-state index contributed by atoms with van der Waals surface area (Å²) in [4.78, 5) is 11.9. The number of nitrogens with one attached hydrogen (secondary N) is 1. The maximum Gasteiger partial charge on any atom is 0.348 e. The standard InChI is InChI=1S/C16H14ClFN2O2.ClH/c1-20(15(21)10-18)14-8-7-12(17)9-13(14)16(19-22)11-5-3-2-4-6-11;/h2-9,22H,10H2,1H3;1H. The summed E-state index contributed by atoms with van der Waals surface area (Å²) in [7, 11) is 1.54. The van der Waals surface area contributed by atoms with Gasteiger partial charge in [0.15, 0.2) is 0 Å². The summed E-state index contributed by atoms with van der Waals surface area (Å²) in [5.41, 5.74) is 1.89. The number of carbonyl (C=O) groups is 1. The minimum absolute atomic E-state index is 0. The lowest BCUT2D eigenvalue weighted by Crippen LogP contribution is -3.07. The lowest BCUT2D eigenvalue weighted by molar-refractivity contribution is -0.724. The molecule has 0 aliphatic carbocycles. The van der Waals surface area contributed by atoms with Gasteiger partial charge >= 0.3 is 5.91 Å². The van der Waals surface area contributed by atoms with Crippen molar-refractivity contribution in [1.82, 2.24) is 0 Å². The van der Waals surface area contributed by atoms with Crippen molar-refractivity contribution in [2.24, 2.45) is 5.16 Å². The molecule has 23 heavy (non-hydrogen) atoms. The number of alkyl halides is 1. The lowest BCUT2D eigenvalue weighted by Gasteiger charge is -2.15. The second-order valence-electron chi connectivity index (χ2n) is 4.69. The molecular weight excluding hydrogens is 342 g/mol. The number of amides is 1. The van der Waals surface area contributed by atoms with E-state index in [1.807, 2.05) is 6.07 Å². The first-order valence-corrected chi connectivity index (χ1v) is 6.96. The molecule has 0 fully saturated rings. The van der Waals surface area contributed by atoms with Gasteiger partial charge < -0.3 is 17.6 Å². The molecule has 1 atom stereocenters. The highest BCUT2D eigenvalue weighted by atomic mass is 35.5. The highest BCUT2D eigenvalue weighted by Crippen LogP contribution is 2.21. The largest absolute Gasteiger partial charge is 1.00 e. The minimum atomic E-state index is -1.08. The van der Waals surface area contributed by atoms with Crippen LogP contribution < -0.4 is 17.3 Å². The quantitative estimate of drug-likeness (QED) is 0.428. The van der Waals surface area contributed by atoms with Crippen molar-refractivity contribution in [2.75, 3.05) is 13.7 Å². The molecule has 0 saturated carbocycles. The number of hydrogen-bond donors (Lipinski definition) is 2. The Morgan fingerprint density at radius 2 is 1.91 bits per heavy atom. The van der Waals surface area contributed by atoms with Gasteiger partial charge in [0.2, 0.25) is 6.67 Å². The summed E-state index contributed by atoms with van der Waals surface area (Å²) in [5, 5.41) is 13.2. The fraction of sp³-hybridized carbons (Fsp3) is 0.125. The Morgan fingerprint density at radius 3 is 2.48 bits per heavy atom. The Hall–Kier alpha value is -1.95. The Labute approximate surface area is 144 Å². The predicted molar refractivity (Wildman–Crippen MR) is 82.8 cm³/mol. The number of rotatable bonds is 4. The third-order valence-corrected chi connectivity index (χ3v) is 3.56. The molecule has 0 bridgehead atoms. The van der Waals surface area contributed by atoms with Crippen LogP contribution in [0.1, 0.15) is 11.1 Å². The second-order valence-corrected chi connectivity index (χ2v) is 5.12. The van der Waals surface area contributed by atoms with Gasteiger partial charge in [0, 0.05) is 16.7 Å². The molecule has 0 spiro atoms. The molecule has 2 rings (SSSR count). The zero-order valence-electron chi connectivity index (χ0n) is 12.3. The molecule has 0 aliphatic heterocycles. The zero-order valence-corrected chi connectivity index (χ0v) is 13.8. The first-order valence-electron chi connectivity index (χ1n) is 6.59. The summed E-state index contributed by atoms with van der Waals surface area (Å²) in [6.45, 7) is -1.08. The summed E-state index contributed by atoms with van der Waals surface area (Å²) in [5.74, 6) is -0.617. The van der Waals surface area contributed by atoms with Crippen LogP contribution in [-0.4, -0.2) is 30.5 Å². The minimum Gasteiger partial charge on any atom is -1.00 e. The molecule has 2 N–H and O–H groups in total. The monoisotopic (exact) mass is 356 g/mol. The van der Waals surface area contributed by atoms with E-state index in [4.69, 9.17) is 11.6 Å². The molecular formula is C16H15Cl2FN2O2. The van der Waals surface area contributed by atoms with Crippen LogP contribution in [0.5, 0.6) is 0 Å². The van der Waals surface area contributed by atoms with E-state index >= 15 is 0 Å². The van der Waals surface area contributed by atoms with E-state index in [1.165, 1.54) is 7.05 Å². The van der Waals surface area contributed by atoms with Gasteiger partial charge in [-0.2, -0.15) is 0 Å².